The van der Waals surface area contributed by atoms with Crippen LogP contribution in [0.5, 0.6) is 17.4 Å². The number of non-ortho nitro benzene ring substituents is 2. The van der Waals surface area contributed by atoms with E-state index in [1.807, 2.05) is 0 Å². The van der Waals surface area contributed by atoms with Crippen LogP contribution in [-0.4, -0.2) is 24.9 Å². The largest absolute Gasteiger partial charge is 0.505 e. The van der Waals surface area contributed by atoms with Gasteiger partial charge >= 0.3 is 0 Å². The number of nitrogens with two attached hydrogens (primary N) is 1. The van der Waals surface area contributed by atoms with Gasteiger partial charge in [-0.3, -0.25) is 20.2 Å². The monoisotopic (exact) mass is 407 g/mol. The highest BCUT2D eigenvalue weighted by Crippen LogP contribution is 2.26. The molecule has 150 valence electrons. The van der Waals surface area contributed by atoms with Gasteiger partial charge in [-0.05, 0) is 12.1 Å². The number of hydrogen-bond acceptors (Lipinski definition) is 9. The van der Waals surface area contributed by atoms with Crippen molar-refractivity contribution in [1.29, 1.82) is 0 Å². The quantitative estimate of drug-likeness (QED) is 0.486. The summed E-state index contributed by atoms with van der Waals surface area (Å²) in [6, 6.07) is 6.97. The molecular weight excluding hydrogens is 396 g/mol. The second-order valence-electron chi connectivity index (χ2n) is 5.15. The predicted octanol–water partition coefficient (Wildman–Crippen LogP) is 3.34. The van der Waals surface area contributed by atoms with E-state index in [1.54, 1.807) is 0 Å². The Morgan fingerprint density at radius 2 is 1.52 bits per heavy atom. The highest BCUT2D eigenvalue weighted by Gasteiger charge is 2.13. The molecule has 0 bridgehead atoms. The number of nitro benzene ring substituents is 2. The molecule has 3 N–H and O–H groups in total. The van der Waals surface area contributed by atoms with Crippen molar-refractivity contribution in [1.82, 2.24) is 9.97 Å². The van der Waals surface area contributed by atoms with Gasteiger partial charge < -0.3 is 15.6 Å². The number of aromatic nitrogens is 2. The van der Waals surface area contributed by atoms with Gasteiger partial charge in [0.15, 0.2) is 23.1 Å². The fourth-order valence-electron chi connectivity index (χ4n) is 1.82. The van der Waals surface area contributed by atoms with Crippen LogP contribution in [0.4, 0.5) is 26.0 Å². The molecule has 11 nitrogen and oxygen atoms in total. The molecule has 0 atom stereocenters. The number of nitrogens with zero attached hydrogens (tertiary/aromatic N) is 4. The van der Waals surface area contributed by atoms with Crippen LogP contribution in [0.2, 0.25) is 0 Å². The Hall–Kier alpha value is -4.42. The van der Waals surface area contributed by atoms with E-state index in [0.717, 1.165) is 36.7 Å². The number of nitrogen functional groups attached to an aromatic ring is 1. The van der Waals surface area contributed by atoms with Crippen LogP contribution in [0.25, 0.3) is 0 Å². The minimum absolute atomic E-state index is 0.0512. The van der Waals surface area contributed by atoms with Crippen molar-refractivity contribution in [2.24, 2.45) is 0 Å². The Bertz CT molecular complexity index is 1070. The van der Waals surface area contributed by atoms with Gasteiger partial charge in [-0.1, -0.05) is 0 Å². The molecule has 0 radical (unpaired) electrons. The van der Waals surface area contributed by atoms with Crippen LogP contribution >= 0.6 is 0 Å². The second-order valence-corrected chi connectivity index (χ2v) is 5.15. The van der Waals surface area contributed by atoms with Crippen molar-refractivity contribution in [2.45, 2.75) is 0 Å². The van der Waals surface area contributed by atoms with Gasteiger partial charge in [0, 0.05) is 18.2 Å². The maximum absolute atomic E-state index is 13.5. The summed E-state index contributed by atoms with van der Waals surface area (Å²) in [6.45, 7) is 0. The number of phenols is 1. The van der Waals surface area contributed by atoms with Gasteiger partial charge in [-0.2, -0.15) is 0 Å². The smallest absolute Gasteiger partial charge is 0.272 e. The van der Waals surface area contributed by atoms with E-state index in [9.17, 15) is 29.0 Å². The lowest BCUT2D eigenvalue weighted by atomic mass is 10.3. The summed E-state index contributed by atoms with van der Waals surface area (Å²) >= 11 is 0. The molecule has 2 aromatic carbocycles. The summed E-state index contributed by atoms with van der Waals surface area (Å²) < 4.78 is 31.0. The Kier molecular flexibility index (Phi) is 6.47. The third kappa shape index (κ3) is 5.78. The van der Waals surface area contributed by atoms with Gasteiger partial charge in [-0.15, -0.1) is 0 Å². The van der Waals surface area contributed by atoms with E-state index in [2.05, 4.69) is 9.97 Å². The molecule has 0 aliphatic carbocycles. The summed E-state index contributed by atoms with van der Waals surface area (Å²) in [5.41, 5.74) is 4.67. The minimum atomic E-state index is -0.987. The molecule has 0 aliphatic heterocycles. The van der Waals surface area contributed by atoms with Gasteiger partial charge in [0.2, 0.25) is 5.88 Å². The first-order valence-corrected chi connectivity index (χ1v) is 7.49. The standard InChI is InChI=1S/C10H7FN4O3.C6H4FNO3/c11-7-3-6(15(16)17)1-2-8(7)18-10-4-9(12)13-5-14-10;7-5-3-4(8(10)11)1-2-6(5)9/h1-5H,(H2,12,13,14);1-3,9H. The minimum Gasteiger partial charge on any atom is -0.505 e. The number of halogens is 2. The van der Waals surface area contributed by atoms with E-state index < -0.39 is 27.2 Å². The van der Waals surface area contributed by atoms with Gasteiger partial charge in [0.05, 0.1) is 22.0 Å². The number of aromatic hydroxyl groups is 1. The number of ether oxygens (including phenoxy) is 1. The Labute approximate surface area is 160 Å². The average molecular weight is 407 g/mol. The zero-order valence-corrected chi connectivity index (χ0v) is 14.2. The molecule has 0 amide bonds. The van der Waals surface area contributed by atoms with Crippen LogP contribution in [0.15, 0.2) is 48.8 Å². The average Bonchev–Trinajstić information content (AvgIpc) is 2.66. The molecule has 0 saturated heterocycles. The van der Waals surface area contributed by atoms with E-state index in [0.29, 0.717) is 6.07 Å². The Balaban J connectivity index is 0.000000234. The van der Waals surface area contributed by atoms with Gasteiger partial charge in [-0.25, -0.2) is 18.7 Å². The normalized spacial score (nSPS) is 9.86. The first-order valence-electron chi connectivity index (χ1n) is 7.49. The van der Waals surface area contributed by atoms with Crippen molar-refractivity contribution in [3.05, 3.63) is 80.7 Å². The first-order chi connectivity index (χ1) is 13.7. The summed E-state index contributed by atoms with van der Waals surface area (Å²) in [5, 5.41) is 29.1. The fraction of sp³-hybridized carbons (Fsp3) is 0. The van der Waals surface area contributed by atoms with Crippen molar-refractivity contribution < 1.29 is 28.5 Å². The van der Waals surface area contributed by atoms with Crippen molar-refractivity contribution in [3.63, 3.8) is 0 Å². The molecule has 3 aromatic rings. The molecule has 0 spiro atoms. The third-order valence-corrected chi connectivity index (χ3v) is 3.15. The van der Waals surface area contributed by atoms with Crippen LogP contribution in [0.3, 0.4) is 0 Å². The topological polar surface area (TPSA) is 168 Å². The van der Waals surface area contributed by atoms with Gasteiger partial charge in [0.1, 0.15) is 12.1 Å². The first kappa shape index (κ1) is 20.9. The lowest BCUT2D eigenvalue weighted by molar-refractivity contribution is -0.385. The molecule has 0 unspecified atom stereocenters. The SMILES string of the molecule is Nc1cc(Oc2ccc([N+](=O)[O-])cc2F)ncn1.O=[N+]([O-])c1ccc(O)c(F)c1. The summed E-state index contributed by atoms with van der Waals surface area (Å²) in [7, 11) is 0. The molecule has 29 heavy (non-hydrogen) atoms. The third-order valence-electron chi connectivity index (χ3n) is 3.15. The van der Waals surface area contributed by atoms with Crippen molar-refractivity contribution in [2.75, 3.05) is 5.73 Å². The zero-order valence-electron chi connectivity index (χ0n) is 14.2. The molecule has 0 aliphatic rings. The number of nitro groups is 2. The van der Waals surface area contributed by atoms with Crippen LogP contribution in [-0.2, 0) is 0 Å². The lowest BCUT2D eigenvalue weighted by Gasteiger charge is -2.05. The molecule has 3 rings (SSSR count). The zero-order chi connectivity index (χ0) is 21.6. The van der Waals surface area contributed by atoms with Crippen molar-refractivity contribution in [3.8, 4) is 17.4 Å². The Morgan fingerprint density at radius 3 is 2.03 bits per heavy atom. The molecule has 1 aromatic heterocycles. The van der Waals surface area contributed by atoms with E-state index in [1.165, 1.54) is 6.07 Å². The molecular formula is C16H11F2N5O6. The van der Waals surface area contributed by atoms with Gasteiger partial charge in [0.25, 0.3) is 11.4 Å². The summed E-state index contributed by atoms with van der Waals surface area (Å²) in [4.78, 5) is 26.4. The van der Waals surface area contributed by atoms with E-state index in [-0.39, 0.29) is 28.8 Å². The van der Waals surface area contributed by atoms with E-state index in [4.69, 9.17) is 15.6 Å². The molecule has 13 heteroatoms. The number of hydrogen-bond donors (Lipinski definition) is 2. The fourth-order valence-corrected chi connectivity index (χ4v) is 1.82. The van der Waals surface area contributed by atoms with Crippen LogP contribution < -0.4 is 10.5 Å². The number of phenolic OH excluding ortho intramolecular Hbond substituents is 1. The van der Waals surface area contributed by atoms with Crippen molar-refractivity contribution >= 4 is 17.2 Å². The highest BCUT2D eigenvalue weighted by atomic mass is 19.1. The predicted molar refractivity (Wildman–Crippen MR) is 94.3 cm³/mol. The van der Waals surface area contributed by atoms with Crippen LogP contribution in [0.1, 0.15) is 0 Å². The lowest BCUT2D eigenvalue weighted by Crippen LogP contribution is -1.96. The molecule has 1 heterocycles. The molecule has 0 fully saturated rings. The Morgan fingerprint density at radius 1 is 0.931 bits per heavy atom. The van der Waals surface area contributed by atoms with Crippen LogP contribution in [0, 0.1) is 31.9 Å². The van der Waals surface area contributed by atoms with E-state index >= 15 is 0 Å². The highest BCUT2D eigenvalue weighted by molar-refractivity contribution is 5.40. The number of benzene rings is 2. The number of anilines is 1. The molecule has 0 saturated carbocycles. The summed E-state index contributed by atoms with van der Waals surface area (Å²) in [5.74, 6) is -2.40. The number of rotatable bonds is 4. The second kappa shape index (κ2) is 8.98. The maximum atomic E-state index is 13.5. The summed E-state index contributed by atoms with van der Waals surface area (Å²) in [6.07, 6.45) is 1.16. The maximum Gasteiger partial charge on any atom is 0.272 e.